The summed E-state index contributed by atoms with van der Waals surface area (Å²) < 4.78 is 1.11. The summed E-state index contributed by atoms with van der Waals surface area (Å²) in [5, 5.41) is 0.751. The highest BCUT2D eigenvalue weighted by atomic mass is 32.2. The number of thiazole rings is 1. The molecule has 0 radical (unpaired) electrons. The number of thioether (sulfide) groups is 2. The van der Waals surface area contributed by atoms with Crippen molar-refractivity contribution in [2.45, 2.75) is 23.3 Å². The minimum atomic E-state index is 0.0635. The molecule has 3 aromatic carbocycles. The van der Waals surface area contributed by atoms with Crippen molar-refractivity contribution >= 4 is 56.1 Å². The minimum absolute atomic E-state index is 0.0635. The van der Waals surface area contributed by atoms with Gasteiger partial charge in [-0.3, -0.25) is 9.69 Å². The molecule has 4 aromatic rings. The molecule has 1 heterocycles. The summed E-state index contributed by atoms with van der Waals surface area (Å²) in [5.41, 5.74) is 3.25. The van der Waals surface area contributed by atoms with E-state index in [-0.39, 0.29) is 5.91 Å². The number of benzene rings is 3. The van der Waals surface area contributed by atoms with E-state index < -0.39 is 0 Å². The Balaban J connectivity index is 1.60. The number of carbonyl (C=O) groups is 1. The quantitative estimate of drug-likeness (QED) is 0.295. The molecular formula is C24H22N2OS3. The number of aromatic nitrogens is 1. The Labute approximate surface area is 189 Å². The van der Waals surface area contributed by atoms with Crippen LogP contribution in [0.3, 0.4) is 0 Å². The van der Waals surface area contributed by atoms with E-state index in [2.05, 4.69) is 49.6 Å². The summed E-state index contributed by atoms with van der Waals surface area (Å²) in [6.07, 6.45) is 2.07. The van der Waals surface area contributed by atoms with Crippen LogP contribution in [0.1, 0.15) is 11.1 Å². The molecule has 1 aromatic heterocycles. The summed E-state index contributed by atoms with van der Waals surface area (Å²) in [6.45, 7) is 2.58. The first-order valence-electron chi connectivity index (χ1n) is 9.61. The molecule has 152 valence electrons. The average molecular weight is 451 g/mol. The maximum atomic E-state index is 13.3. The molecule has 0 saturated heterocycles. The van der Waals surface area contributed by atoms with Crippen molar-refractivity contribution < 1.29 is 4.79 Å². The third-order valence-corrected chi connectivity index (χ3v) is 7.45. The average Bonchev–Trinajstić information content (AvgIpc) is 3.20. The zero-order chi connectivity index (χ0) is 20.9. The van der Waals surface area contributed by atoms with Gasteiger partial charge in [0.05, 0.1) is 22.5 Å². The second kappa shape index (κ2) is 9.69. The van der Waals surface area contributed by atoms with E-state index in [0.717, 1.165) is 25.8 Å². The molecule has 30 heavy (non-hydrogen) atoms. The molecule has 0 aliphatic heterocycles. The Bertz CT molecular complexity index is 1140. The third-order valence-electron chi connectivity index (χ3n) is 4.68. The van der Waals surface area contributed by atoms with Crippen molar-refractivity contribution in [2.24, 2.45) is 0 Å². The highest BCUT2D eigenvalue weighted by Crippen LogP contribution is 2.33. The van der Waals surface area contributed by atoms with E-state index >= 15 is 0 Å². The van der Waals surface area contributed by atoms with Crippen molar-refractivity contribution in [2.75, 3.05) is 16.9 Å². The zero-order valence-electron chi connectivity index (χ0n) is 16.9. The molecule has 0 unspecified atom stereocenters. The van der Waals surface area contributed by atoms with Crippen molar-refractivity contribution in [3.63, 3.8) is 0 Å². The standard InChI is InChI=1S/C24H22N2OS3/c1-17-8-10-19(11-9-17)29-16-23(27)26(15-18-6-4-3-5-7-18)24-25-21-13-12-20(28-2)14-22(21)30-24/h3-14H,15-16H2,1-2H3. The molecule has 0 aliphatic rings. The number of rotatable bonds is 7. The van der Waals surface area contributed by atoms with E-state index in [4.69, 9.17) is 4.98 Å². The van der Waals surface area contributed by atoms with Gasteiger partial charge < -0.3 is 0 Å². The lowest BCUT2D eigenvalue weighted by atomic mass is 10.2. The molecule has 0 N–H and O–H groups in total. The largest absolute Gasteiger partial charge is 0.283 e. The van der Waals surface area contributed by atoms with Gasteiger partial charge in [-0.1, -0.05) is 59.4 Å². The predicted octanol–water partition coefficient (Wildman–Crippen LogP) is 6.65. The van der Waals surface area contributed by atoms with Gasteiger partial charge in [0, 0.05) is 9.79 Å². The molecule has 6 heteroatoms. The van der Waals surface area contributed by atoms with Crippen LogP contribution >= 0.6 is 34.9 Å². The first-order valence-corrected chi connectivity index (χ1v) is 12.6. The van der Waals surface area contributed by atoms with E-state index in [1.165, 1.54) is 10.5 Å². The fourth-order valence-electron chi connectivity index (χ4n) is 3.02. The van der Waals surface area contributed by atoms with Gasteiger partial charge in [-0.2, -0.15) is 0 Å². The maximum Gasteiger partial charge on any atom is 0.239 e. The van der Waals surface area contributed by atoms with Crippen LogP contribution in [0, 0.1) is 6.92 Å². The van der Waals surface area contributed by atoms with Gasteiger partial charge in [-0.05, 0) is 49.1 Å². The first kappa shape index (κ1) is 21.0. The number of nitrogens with zero attached hydrogens (tertiary/aromatic N) is 2. The highest BCUT2D eigenvalue weighted by molar-refractivity contribution is 8.00. The Kier molecular flexibility index (Phi) is 6.77. The van der Waals surface area contributed by atoms with Crippen LogP contribution in [-0.4, -0.2) is 22.9 Å². The second-order valence-corrected chi connectivity index (χ2v) is 9.83. The van der Waals surface area contributed by atoms with Crippen LogP contribution < -0.4 is 4.90 Å². The lowest BCUT2D eigenvalue weighted by Crippen LogP contribution is -2.31. The molecule has 4 rings (SSSR count). The van der Waals surface area contributed by atoms with Crippen molar-refractivity contribution in [1.82, 2.24) is 4.98 Å². The van der Waals surface area contributed by atoms with Crippen molar-refractivity contribution in [1.29, 1.82) is 0 Å². The zero-order valence-corrected chi connectivity index (χ0v) is 19.3. The number of amides is 1. The lowest BCUT2D eigenvalue weighted by molar-refractivity contribution is -0.116. The van der Waals surface area contributed by atoms with Crippen LogP contribution in [-0.2, 0) is 11.3 Å². The van der Waals surface area contributed by atoms with Gasteiger partial charge in [0.25, 0.3) is 0 Å². The Morgan fingerprint density at radius 3 is 2.47 bits per heavy atom. The van der Waals surface area contributed by atoms with Crippen LogP contribution in [0.2, 0.25) is 0 Å². The smallest absolute Gasteiger partial charge is 0.239 e. The summed E-state index contributed by atoms with van der Waals surface area (Å²) >= 11 is 4.86. The number of fused-ring (bicyclic) bond motifs is 1. The molecule has 0 fully saturated rings. The molecule has 3 nitrogen and oxygen atoms in total. The fourth-order valence-corrected chi connectivity index (χ4v) is 5.33. The van der Waals surface area contributed by atoms with Crippen LogP contribution in [0.15, 0.2) is 82.6 Å². The van der Waals surface area contributed by atoms with Gasteiger partial charge >= 0.3 is 0 Å². The van der Waals surface area contributed by atoms with Crippen LogP contribution in [0.4, 0.5) is 5.13 Å². The SMILES string of the molecule is CSc1ccc2nc(N(Cc3ccccc3)C(=O)CSc3ccc(C)cc3)sc2c1. The van der Waals surface area contributed by atoms with Crippen LogP contribution in [0.5, 0.6) is 0 Å². The summed E-state index contributed by atoms with van der Waals surface area (Å²) in [5.74, 6) is 0.440. The fraction of sp³-hybridized carbons (Fsp3) is 0.167. The van der Waals surface area contributed by atoms with Crippen molar-refractivity contribution in [3.8, 4) is 0 Å². The molecular weight excluding hydrogens is 428 g/mol. The minimum Gasteiger partial charge on any atom is -0.283 e. The molecule has 1 amide bonds. The van der Waals surface area contributed by atoms with E-state index in [9.17, 15) is 4.79 Å². The van der Waals surface area contributed by atoms with E-state index in [0.29, 0.717) is 12.3 Å². The Morgan fingerprint density at radius 2 is 1.73 bits per heavy atom. The van der Waals surface area contributed by atoms with E-state index in [1.54, 1.807) is 34.9 Å². The van der Waals surface area contributed by atoms with Gasteiger partial charge in [-0.15, -0.1) is 23.5 Å². The molecule has 0 spiro atoms. The number of anilines is 1. The van der Waals surface area contributed by atoms with Gasteiger partial charge in [-0.25, -0.2) is 4.98 Å². The summed E-state index contributed by atoms with van der Waals surface area (Å²) in [7, 11) is 0. The maximum absolute atomic E-state index is 13.3. The van der Waals surface area contributed by atoms with Gasteiger partial charge in [0.15, 0.2) is 5.13 Å². The number of hydrogen-bond acceptors (Lipinski definition) is 5. The number of carbonyl (C=O) groups excluding carboxylic acids is 1. The van der Waals surface area contributed by atoms with Gasteiger partial charge in [0.1, 0.15) is 0 Å². The third kappa shape index (κ3) is 5.06. The number of aryl methyl sites for hydroxylation is 1. The topological polar surface area (TPSA) is 33.2 Å². The molecule has 0 atom stereocenters. The molecule has 0 saturated carbocycles. The second-order valence-electron chi connectivity index (χ2n) is 6.90. The lowest BCUT2D eigenvalue weighted by Gasteiger charge is -2.20. The normalized spacial score (nSPS) is 11.0. The van der Waals surface area contributed by atoms with Crippen molar-refractivity contribution in [3.05, 3.63) is 83.9 Å². The Morgan fingerprint density at radius 1 is 1.00 bits per heavy atom. The predicted molar refractivity (Wildman–Crippen MR) is 131 cm³/mol. The Hall–Kier alpha value is -2.28. The first-order chi connectivity index (χ1) is 14.6. The highest BCUT2D eigenvalue weighted by Gasteiger charge is 2.20. The van der Waals surface area contributed by atoms with E-state index in [1.807, 2.05) is 41.3 Å². The summed E-state index contributed by atoms with van der Waals surface area (Å²) in [4.78, 5) is 22.2. The number of hydrogen-bond donors (Lipinski definition) is 0. The van der Waals surface area contributed by atoms with Crippen LogP contribution in [0.25, 0.3) is 10.2 Å². The molecule has 0 bridgehead atoms. The molecule has 0 aliphatic carbocycles. The summed E-state index contributed by atoms with van der Waals surface area (Å²) in [6, 6.07) is 24.6. The van der Waals surface area contributed by atoms with Gasteiger partial charge in [0.2, 0.25) is 5.91 Å². The monoisotopic (exact) mass is 450 g/mol.